The zero-order valence-corrected chi connectivity index (χ0v) is 11.8. The minimum atomic E-state index is -0.414. The van der Waals surface area contributed by atoms with Gasteiger partial charge in [0, 0.05) is 18.3 Å². The fraction of sp³-hybridized carbons (Fsp3) is 0.267. The number of nitrogen functional groups attached to an aromatic ring is 1. The Hall–Kier alpha value is -2.43. The van der Waals surface area contributed by atoms with Gasteiger partial charge >= 0.3 is 5.97 Å². The van der Waals surface area contributed by atoms with Gasteiger partial charge < -0.3 is 20.1 Å². The average Bonchev–Trinajstić information content (AvgIpc) is 2.62. The lowest BCUT2D eigenvalue weighted by Gasteiger charge is -2.06. The van der Waals surface area contributed by atoms with Gasteiger partial charge in [0.25, 0.3) is 0 Å². The first-order valence-corrected chi connectivity index (χ1v) is 6.38. The van der Waals surface area contributed by atoms with Crippen LogP contribution in [0.15, 0.2) is 24.3 Å². The van der Waals surface area contributed by atoms with Crippen molar-refractivity contribution in [3.8, 4) is 17.0 Å². The monoisotopic (exact) mass is 274 g/mol. The Morgan fingerprint density at radius 3 is 2.50 bits per heavy atom. The Balaban J connectivity index is 2.58. The number of benzene rings is 1. The number of nitrogens with two attached hydrogens (primary N) is 1. The van der Waals surface area contributed by atoms with E-state index >= 15 is 0 Å². The minimum absolute atomic E-state index is 0.184. The van der Waals surface area contributed by atoms with Crippen molar-refractivity contribution in [2.75, 3.05) is 12.3 Å². The number of carbonyl (C=O) groups is 1. The Bertz CT molecular complexity index is 642. The third-order valence-electron chi connectivity index (χ3n) is 3.35. The number of nitrogens with zero attached hydrogens (tertiary/aromatic N) is 1. The summed E-state index contributed by atoms with van der Waals surface area (Å²) < 4.78 is 6.90. The fourth-order valence-electron chi connectivity index (χ4n) is 2.26. The van der Waals surface area contributed by atoms with Crippen LogP contribution in [0, 0.1) is 6.92 Å². The molecule has 1 heterocycles. The van der Waals surface area contributed by atoms with Crippen LogP contribution >= 0.6 is 0 Å². The molecule has 5 heteroatoms. The van der Waals surface area contributed by atoms with Crippen LogP contribution in [-0.2, 0) is 11.8 Å². The highest BCUT2D eigenvalue weighted by molar-refractivity contribution is 6.01. The van der Waals surface area contributed by atoms with Gasteiger partial charge in [0.05, 0.1) is 18.0 Å². The second-order valence-electron chi connectivity index (χ2n) is 4.55. The second kappa shape index (κ2) is 5.28. The van der Waals surface area contributed by atoms with Gasteiger partial charge in [-0.2, -0.15) is 0 Å². The maximum absolute atomic E-state index is 12.0. The topological polar surface area (TPSA) is 77.5 Å². The molecule has 2 aromatic rings. The molecule has 0 aliphatic carbocycles. The molecule has 0 atom stereocenters. The number of carbonyl (C=O) groups excluding carboxylic acids is 1. The molecule has 0 fully saturated rings. The van der Waals surface area contributed by atoms with Crippen LogP contribution in [0.4, 0.5) is 5.69 Å². The lowest BCUT2D eigenvalue weighted by molar-refractivity contribution is 0.0526. The predicted molar refractivity (Wildman–Crippen MR) is 77.6 cm³/mol. The first kappa shape index (κ1) is 14.0. The first-order chi connectivity index (χ1) is 9.47. The standard InChI is InChI=1S/C15H18N2O3/c1-4-20-15(19)12-9(2)17(3)14(13(12)16)10-5-7-11(18)8-6-10/h5-8,18H,4,16H2,1-3H3. The first-order valence-electron chi connectivity index (χ1n) is 6.38. The fourth-order valence-corrected chi connectivity index (χ4v) is 2.26. The van der Waals surface area contributed by atoms with Crippen molar-refractivity contribution in [1.29, 1.82) is 0 Å². The largest absolute Gasteiger partial charge is 0.508 e. The summed E-state index contributed by atoms with van der Waals surface area (Å²) in [7, 11) is 1.84. The van der Waals surface area contributed by atoms with Gasteiger partial charge in [-0.3, -0.25) is 0 Å². The van der Waals surface area contributed by atoms with Crippen LogP contribution in [0.5, 0.6) is 5.75 Å². The van der Waals surface area contributed by atoms with Crippen LogP contribution in [0.3, 0.4) is 0 Å². The summed E-state index contributed by atoms with van der Waals surface area (Å²) >= 11 is 0. The molecule has 1 aromatic carbocycles. The Morgan fingerprint density at radius 1 is 1.35 bits per heavy atom. The molecule has 3 N–H and O–H groups in total. The van der Waals surface area contributed by atoms with E-state index < -0.39 is 5.97 Å². The van der Waals surface area contributed by atoms with E-state index in [1.807, 2.05) is 18.5 Å². The summed E-state index contributed by atoms with van der Waals surface area (Å²) in [5.41, 5.74) is 9.25. The molecule has 0 spiro atoms. The van der Waals surface area contributed by atoms with Gasteiger partial charge in [0.2, 0.25) is 0 Å². The number of hydrogen-bond acceptors (Lipinski definition) is 4. The van der Waals surface area contributed by atoms with Crippen LogP contribution in [-0.4, -0.2) is 22.2 Å². The Morgan fingerprint density at radius 2 is 1.95 bits per heavy atom. The number of anilines is 1. The third kappa shape index (κ3) is 2.22. The van der Waals surface area contributed by atoms with Crippen molar-refractivity contribution >= 4 is 11.7 Å². The maximum Gasteiger partial charge on any atom is 0.342 e. The number of aromatic nitrogens is 1. The van der Waals surface area contributed by atoms with E-state index in [2.05, 4.69) is 0 Å². The average molecular weight is 274 g/mol. The highest BCUT2D eigenvalue weighted by atomic mass is 16.5. The molecule has 0 unspecified atom stereocenters. The summed E-state index contributed by atoms with van der Waals surface area (Å²) in [6, 6.07) is 6.69. The molecule has 0 radical (unpaired) electrons. The Kier molecular flexibility index (Phi) is 3.70. The molecule has 2 rings (SSSR count). The molecular formula is C15H18N2O3. The summed E-state index contributed by atoms with van der Waals surface area (Å²) in [6.07, 6.45) is 0. The molecule has 0 aliphatic heterocycles. The highest BCUT2D eigenvalue weighted by Crippen LogP contribution is 2.34. The van der Waals surface area contributed by atoms with E-state index in [0.717, 1.165) is 17.0 Å². The molecular weight excluding hydrogens is 256 g/mol. The van der Waals surface area contributed by atoms with Crippen molar-refractivity contribution in [1.82, 2.24) is 4.57 Å². The van der Waals surface area contributed by atoms with Crippen LogP contribution in [0.25, 0.3) is 11.3 Å². The van der Waals surface area contributed by atoms with Crippen molar-refractivity contribution < 1.29 is 14.6 Å². The SMILES string of the molecule is CCOC(=O)c1c(N)c(-c2ccc(O)cc2)n(C)c1C. The van der Waals surface area contributed by atoms with E-state index in [1.165, 1.54) is 0 Å². The second-order valence-corrected chi connectivity index (χ2v) is 4.55. The molecule has 20 heavy (non-hydrogen) atoms. The number of aromatic hydroxyl groups is 1. The van der Waals surface area contributed by atoms with E-state index in [1.54, 1.807) is 31.2 Å². The highest BCUT2D eigenvalue weighted by Gasteiger charge is 2.23. The molecule has 5 nitrogen and oxygen atoms in total. The summed E-state index contributed by atoms with van der Waals surface area (Å²) in [4.78, 5) is 12.0. The van der Waals surface area contributed by atoms with Crippen molar-refractivity contribution in [2.24, 2.45) is 7.05 Å². The number of esters is 1. The number of rotatable bonds is 3. The molecule has 0 saturated carbocycles. The summed E-state index contributed by atoms with van der Waals surface area (Å²) in [6.45, 7) is 3.89. The van der Waals surface area contributed by atoms with Gasteiger partial charge in [-0.15, -0.1) is 0 Å². The van der Waals surface area contributed by atoms with Gasteiger partial charge in [0.1, 0.15) is 11.3 Å². The lowest BCUT2D eigenvalue weighted by Crippen LogP contribution is -2.08. The Labute approximate surface area is 117 Å². The van der Waals surface area contributed by atoms with Crippen LogP contribution in [0.2, 0.25) is 0 Å². The molecule has 0 saturated heterocycles. The maximum atomic E-state index is 12.0. The van der Waals surface area contributed by atoms with Gasteiger partial charge in [-0.05, 0) is 38.1 Å². The zero-order chi connectivity index (χ0) is 14.9. The van der Waals surface area contributed by atoms with E-state index in [9.17, 15) is 9.90 Å². The van der Waals surface area contributed by atoms with Crippen molar-refractivity contribution in [3.05, 3.63) is 35.5 Å². The normalized spacial score (nSPS) is 10.6. The van der Waals surface area contributed by atoms with Gasteiger partial charge in [-0.1, -0.05) is 0 Å². The minimum Gasteiger partial charge on any atom is -0.508 e. The van der Waals surface area contributed by atoms with Gasteiger partial charge in [0.15, 0.2) is 0 Å². The molecule has 1 aromatic heterocycles. The molecule has 0 amide bonds. The van der Waals surface area contributed by atoms with Crippen molar-refractivity contribution in [2.45, 2.75) is 13.8 Å². The molecule has 106 valence electrons. The summed E-state index contributed by atoms with van der Waals surface area (Å²) in [5, 5.41) is 9.35. The van der Waals surface area contributed by atoms with E-state index in [0.29, 0.717) is 17.9 Å². The van der Waals surface area contributed by atoms with Crippen molar-refractivity contribution in [3.63, 3.8) is 0 Å². The number of phenolic OH excluding ortho intramolecular Hbond substituents is 1. The zero-order valence-electron chi connectivity index (χ0n) is 11.8. The van der Waals surface area contributed by atoms with E-state index in [4.69, 9.17) is 10.5 Å². The van der Waals surface area contributed by atoms with E-state index in [-0.39, 0.29) is 5.75 Å². The van der Waals surface area contributed by atoms with Crippen LogP contribution < -0.4 is 5.73 Å². The molecule has 0 aliphatic rings. The van der Waals surface area contributed by atoms with Gasteiger partial charge in [-0.25, -0.2) is 4.79 Å². The number of phenols is 1. The quantitative estimate of drug-likeness (QED) is 0.843. The molecule has 0 bridgehead atoms. The number of hydrogen-bond donors (Lipinski definition) is 2. The van der Waals surface area contributed by atoms with Crippen LogP contribution in [0.1, 0.15) is 23.0 Å². The lowest BCUT2D eigenvalue weighted by atomic mass is 10.1. The number of ether oxygens (including phenoxy) is 1. The third-order valence-corrected chi connectivity index (χ3v) is 3.35. The smallest absolute Gasteiger partial charge is 0.342 e. The predicted octanol–water partition coefficient (Wildman–Crippen LogP) is 2.47. The summed E-state index contributed by atoms with van der Waals surface area (Å²) in [5.74, 6) is -0.230.